The van der Waals surface area contributed by atoms with E-state index in [4.69, 9.17) is 0 Å². The molecule has 1 amide bonds. The summed E-state index contributed by atoms with van der Waals surface area (Å²) in [6.07, 6.45) is 5.10. The predicted octanol–water partition coefficient (Wildman–Crippen LogP) is -0.00680. The number of carbonyl (C=O) groups excluding carboxylic acids is 1. The summed E-state index contributed by atoms with van der Waals surface area (Å²) in [4.78, 5) is 18.6. The van der Waals surface area contributed by atoms with Gasteiger partial charge in [0, 0.05) is 12.4 Å². The van der Waals surface area contributed by atoms with E-state index in [1.807, 2.05) is 0 Å². The van der Waals surface area contributed by atoms with Crippen molar-refractivity contribution in [2.75, 3.05) is 5.75 Å². The van der Waals surface area contributed by atoms with Gasteiger partial charge in [-0.2, -0.15) is 0 Å². The van der Waals surface area contributed by atoms with Crippen LogP contribution in [0, 0.1) is 0 Å². The Kier molecular flexibility index (Phi) is 3.46. The van der Waals surface area contributed by atoms with E-state index in [0.29, 0.717) is 18.7 Å². The second-order valence-corrected chi connectivity index (χ2v) is 6.41. The molecule has 7 heteroatoms. The number of aromatic nitrogens is 2. The third-order valence-electron chi connectivity index (χ3n) is 2.86. The van der Waals surface area contributed by atoms with Crippen LogP contribution >= 0.6 is 0 Å². The first-order chi connectivity index (χ1) is 8.09. The van der Waals surface area contributed by atoms with Crippen molar-refractivity contribution < 1.29 is 13.2 Å². The van der Waals surface area contributed by atoms with Gasteiger partial charge in [0.25, 0.3) is 0 Å². The Morgan fingerprint density at radius 2 is 2.35 bits per heavy atom. The van der Waals surface area contributed by atoms with Crippen LogP contribution in [0.3, 0.4) is 0 Å². The Balaban J connectivity index is 1.95. The van der Waals surface area contributed by atoms with E-state index >= 15 is 0 Å². The summed E-state index contributed by atoms with van der Waals surface area (Å²) in [6, 6.07) is 0. The molecule has 0 bridgehead atoms. The molecule has 94 valence electrons. The first-order valence-electron chi connectivity index (χ1n) is 5.57. The number of hydrogen-bond donors (Lipinski definition) is 2. The van der Waals surface area contributed by atoms with Crippen molar-refractivity contribution in [1.82, 2.24) is 15.3 Å². The minimum absolute atomic E-state index is 0.117. The van der Waals surface area contributed by atoms with Gasteiger partial charge in [0.1, 0.15) is 11.1 Å². The van der Waals surface area contributed by atoms with Crippen LogP contribution < -0.4 is 5.32 Å². The summed E-state index contributed by atoms with van der Waals surface area (Å²) in [7, 11) is -3.26. The second kappa shape index (κ2) is 4.87. The standard InChI is InChI=1S/C10H15N3O3S/c14-10(13-7-9-11-4-5-12-9)8-3-1-2-6-17(8,15)16/h4-5,8H,1-3,6-7H2,(H,11,12)(H,13,14). The van der Waals surface area contributed by atoms with Crippen LogP contribution in [0.4, 0.5) is 0 Å². The van der Waals surface area contributed by atoms with Gasteiger partial charge in [-0.25, -0.2) is 13.4 Å². The molecule has 0 aliphatic carbocycles. The fraction of sp³-hybridized carbons (Fsp3) is 0.600. The molecule has 0 aromatic carbocycles. The average Bonchev–Trinajstić information content (AvgIpc) is 2.78. The van der Waals surface area contributed by atoms with E-state index in [1.54, 1.807) is 12.4 Å². The van der Waals surface area contributed by atoms with Gasteiger partial charge in [0.2, 0.25) is 5.91 Å². The lowest BCUT2D eigenvalue weighted by Gasteiger charge is -2.21. The maximum absolute atomic E-state index is 11.8. The lowest BCUT2D eigenvalue weighted by Crippen LogP contribution is -2.42. The SMILES string of the molecule is O=C(NCc1ncc[nH]1)C1CCCCS1(=O)=O. The number of nitrogens with one attached hydrogen (secondary N) is 2. The quantitative estimate of drug-likeness (QED) is 0.797. The summed E-state index contributed by atoms with van der Waals surface area (Å²) in [5.74, 6) is 0.318. The predicted molar refractivity (Wildman–Crippen MR) is 61.9 cm³/mol. The molecule has 1 aromatic heterocycles. The number of nitrogens with zero attached hydrogens (tertiary/aromatic N) is 1. The Bertz CT molecular complexity index is 481. The smallest absolute Gasteiger partial charge is 0.238 e. The fourth-order valence-electron chi connectivity index (χ4n) is 1.93. The maximum Gasteiger partial charge on any atom is 0.238 e. The van der Waals surface area contributed by atoms with Gasteiger partial charge < -0.3 is 10.3 Å². The second-order valence-electron chi connectivity index (χ2n) is 4.11. The number of sulfone groups is 1. The molecule has 1 atom stereocenters. The van der Waals surface area contributed by atoms with Gasteiger partial charge in [-0.05, 0) is 12.8 Å². The number of H-pyrrole nitrogens is 1. The summed E-state index contributed by atoms with van der Waals surface area (Å²) in [5, 5.41) is 1.72. The lowest BCUT2D eigenvalue weighted by atomic mass is 10.2. The molecule has 2 N–H and O–H groups in total. The molecule has 2 heterocycles. The van der Waals surface area contributed by atoms with E-state index in [0.717, 1.165) is 6.42 Å². The number of aromatic amines is 1. The highest BCUT2D eigenvalue weighted by Crippen LogP contribution is 2.19. The van der Waals surface area contributed by atoms with Crippen LogP contribution in [0.1, 0.15) is 25.1 Å². The number of hydrogen-bond acceptors (Lipinski definition) is 4. The molecule has 1 fully saturated rings. The van der Waals surface area contributed by atoms with E-state index in [2.05, 4.69) is 15.3 Å². The van der Waals surface area contributed by atoms with E-state index < -0.39 is 21.0 Å². The molecular weight excluding hydrogens is 242 g/mol. The van der Waals surface area contributed by atoms with Crippen LogP contribution in [0.25, 0.3) is 0 Å². The highest BCUT2D eigenvalue weighted by Gasteiger charge is 2.34. The number of amides is 1. The van der Waals surface area contributed by atoms with E-state index in [1.165, 1.54) is 0 Å². The number of imidazole rings is 1. The van der Waals surface area contributed by atoms with Crippen molar-refractivity contribution in [3.63, 3.8) is 0 Å². The van der Waals surface area contributed by atoms with Crippen molar-refractivity contribution in [3.05, 3.63) is 18.2 Å². The van der Waals surface area contributed by atoms with Crippen LogP contribution in [0.15, 0.2) is 12.4 Å². The van der Waals surface area contributed by atoms with Crippen molar-refractivity contribution in [3.8, 4) is 0 Å². The average molecular weight is 257 g/mol. The highest BCUT2D eigenvalue weighted by atomic mass is 32.2. The van der Waals surface area contributed by atoms with Crippen molar-refractivity contribution in [1.29, 1.82) is 0 Å². The van der Waals surface area contributed by atoms with Gasteiger partial charge in [0.15, 0.2) is 9.84 Å². The summed E-state index contributed by atoms with van der Waals surface area (Å²) >= 11 is 0. The Morgan fingerprint density at radius 3 is 3.00 bits per heavy atom. The molecule has 1 aromatic rings. The van der Waals surface area contributed by atoms with Gasteiger partial charge in [-0.1, -0.05) is 6.42 Å². The summed E-state index contributed by atoms with van der Waals surface area (Å²) in [5.41, 5.74) is 0. The zero-order valence-electron chi connectivity index (χ0n) is 9.35. The third kappa shape index (κ3) is 2.85. The zero-order valence-corrected chi connectivity index (χ0v) is 10.2. The first-order valence-corrected chi connectivity index (χ1v) is 7.29. The molecular formula is C10H15N3O3S. The van der Waals surface area contributed by atoms with E-state index in [-0.39, 0.29) is 12.3 Å². The van der Waals surface area contributed by atoms with Crippen LogP contribution in [-0.4, -0.2) is 35.3 Å². The molecule has 2 rings (SSSR count). The molecule has 0 spiro atoms. The molecule has 1 saturated heterocycles. The molecule has 1 unspecified atom stereocenters. The normalized spacial score (nSPS) is 23.2. The summed E-state index contributed by atoms with van der Waals surface area (Å²) < 4.78 is 23.4. The van der Waals surface area contributed by atoms with Crippen molar-refractivity contribution >= 4 is 15.7 Å². The maximum atomic E-state index is 11.8. The molecule has 1 aliphatic heterocycles. The Hall–Kier alpha value is -1.37. The van der Waals surface area contributed by atoms with Gasteiger partial charge in [0.05, 0.1) is 12.3 Å². The number of carbonyl (C=O) groups is 1. The van der Waals surface area contributed by atoms with Gasteiger partial charge >= 0.3 is 0 Å². The minimum atomic E-state index is -3.26. The van der Waals surface area contributed by atoms with E-state index in [9.17, 15) is 13.2 Å². The first kappa shape index (κ1) is 12.1. The summed E-state index contributed by atoms with van der Waals surface area (Å²) in [6.45, 7) is 0.234. The topological polar surface area (TPSA) is 91.9 Å². The molecule has 1 aliphatic rings. The van der Waals surface area contributed by atoms with Crippen LogP contribution in [0.5, 0.6) is 0 Å². The zero-order chi connectivity index (χ0) is 12.3. The van der Waals surface area contributed by atoms with Crippen molar-refractivity contribution in [2.24, 2.45) is 0 Å². The Labute approximate surface area is 99.7 Å². The van der Waals surface area contributed by atoms with Gasteiger partial charge in [-0.3, -0.25) is 4.79 Å². The molecule has 0 saturated carbocycles. The fourth-order valence-corrected chi connectivity index (χ4v) is 3.75. The monoisotopic (exact) mass is 257 g/mol. The molecule has 0 radical (unpaired) electrons. The number of rotatable bonds is 3. The van der Waals surface area contributed by atoms with Crippen molar-refractivity contribution in [2.45, 2.75) is 31.1 Å². The highest BCUT2D eigenvalue weighted by molar-refractivity contribution is 7.92. The lowest BCUT2D eigenvalue weighted by molar-refractivity contribution is -0.121. The van der Waals surface area contributed by atoms with Crippen LogP contribution in [-0.2, 0) is 21.2 Å². The largest absolute Gasteiger partial charge is 0.348 e. The third-order valence-corrected chi connectivity index (χ3v) is 5.03. The van der Waals surface area contributed by atoms with Crippen LogP contribution in [0.2, 0.25) is 0 Å². The minimum Gasteiger partial charge on any atom is -0.348 e. The Morgan fingerprint density at radius 1 is 1.53 bits per heavy atom. The molecule has 6 nitrogen and oxygen atoms in total. The van der Waals surface area contributed by atoms with Gasteiger partial charge in [-0.15, -0.1) is 0 Å². The molecule has 17 heavy (non-hydrogen) atoms.